The minimum atomic E-state index is -0.0652. The zero-order chi connectivity index (χ0) is 10.8. The highest BCUT2D eigenvalue weighted by Crippen LogP contribution is 2.15. The lowest BCUT2D eigenvalue weighted by molar-refractivity contribution is 0.102. The lowest BCUT2D eigenvalue weighted by Gasteiger charge is -2.00. The normalized spacial score (nSPS) is 10.8. The maximum absolute atomic E-state index is 11.4. The van der Waals surface area contributed by atoms with Gasteiger partial charge in [0, 0.05) is 12.1 Å². The molecule has 2 rings (SSSR count). The smallest absolute Gasteiger partial charge is 0.177 e. The SMILES string of the molecule is CCn1cnc2cc(C(=O)CCl)ccc21. The van der Waals surface area contributed by atoms with Crippen LogP contribution in [0.1, 0.15) is 17.3 Å². The Balaban J connectivity index is 2.53. The first-order chi connectivity index (χ1) is 7.26. The van der Waals surface area contributed by atoms with E-state index in [1.807, 2.05) is 10.6 Å². The third kappa shape index (κ3) is 1.75. The summed E-state index contributed by atoms with van der Waals surface area (Å²) in [5.41, 5.74) is 2.51. The zero-order valence-corrected chi connectivity index (χ0v) is 9.16. The first kappa shape index (κ1) is 10.2. The van der Waals surface area contributed by atoms with Crippen LogP contribution in [0.5, 0.6) is 0 Å². The van der Waals surface area contributed by atoms with Crippen molar-refractivity contribution in [3.8, 4) is 0 Å². The average Bonchev–Trinajstić information content (AvgIpc) is 2.69. The minimum absolute atomic E-state index is 0.0139. The van der Waals surface area contributed by atoms with Crippen molar-refractivity contribution in [3.63, 3.8) is 0 Å². The molecule has 4 heteroatoms. The van der Waals surface area contributed by atoms with Crippen LogP contribution in [0.2, 0.25) is 0 Å². The van der Waals surface area contributed by atoms with Gasteiger partial charge in [0.1, 0.15) is 0 Å². The number of fused-ring (bicyclic) bond motifs is 1. The number of aromatic nitrogens is 2. The molecule has 15 heavy (non-hydrogen) atoms. The van der Waals surface area contributed by atoms with E-state index < -0.39 is 0 Å². The molecule has 1 aromatic heterocycles. The van der Waals surface area contributed by atoms with Gasteiger partial charge in [-0.25, -0.2) is 4.98 Å². The number of hydrogen-bond acceptors (Lipinski definition) is 2. The highest BCUT2D eigenvalue weighted by molar-refractivity contribution is 6.30. The van der Waals surface area contributed by atoms with E-state index in [9.17, 15) is 4.79 Å². The van der Waals surface area contributed by atoms with Crippen LogP contribution in [-0.4, -0.2) is 21.2 Å². The van der Waals surface area contributed by atoms with E-state index in [-0.39, 0.29) is 11.7 Å². The summed E-state index contributed by atoms with van der Waals surface area (Å²) in [5.74, 6) is -0.0513. The molecule has 2 aromatic rings. The Bertz CT molecular complexity index is 504. The molecule has 1 aromatic carbocycles. The van der Waals surface area contributed by atoms with E-state index in [1.54, 1.807) is 18.5 Å². The second-order valence-electron chi connectivity index (χ2n) is 3.29. The van der Waals surface area contributed by atoms with Crippen molar-refractivity contribution in [1.82, 2.24) is 9.55 Å². The maximum Gasteiger partial charge on any atom is 0.177 e. The summed E-state index contributed by atoms with van der Waals surface area (Å²) >= 11 is 5.50. The molecule has 0 radical (unpaired) electrons. The van der Waals surface area contributed by atoms with Crippen LogP contribution in [0.4, 0.5) is 0 Å². The van der Waals surface area contributed by atoms with Gasteiger partial charge in [0.25, 0.3) is 0 Å². The van der Waals surface area contributed by atoms with Crippen molar-refractivity contribution in [2.75, 3.05) is 5.88 Å². The minimum Gasteiger partial charge on any atom is -0.331 e. The van der Waals surface area contributed by atoms with Gasteiger partial charge in [-0.3, -0.25) is 4.79 Å². The molecule has 0 fully saturated rings. The summed E-state index contributed by atoms with van der Waals surface area (Å²) in [6.45, 7) is 2.93. The molecule has 0 N–H and O–H groups in total. The number of rotatable bonds is 3. The van der Waals surface area contributed by atoms with Crippen LogP contribution >= 0.6 is 11.6 Å². The Hall–Kier alpha value is -1.35. The van der Waals surface area contributed by atoms with E-state index >= 15 is 0 Å². The quantitative estimate of drug-likeness (QED) is 0.591. The summed E-state index contributed by atoms with van der Waals surface area (Å²) in [7, 11) is 0. The van der Waals surface area contributed by atoms with Crippen molar-refractivity contribution >= 4 is 28.4 Å². The Morgan fingerprint density at radius 1 is 1.53 bits per heavy atom. The number of carbonyl (C=O) groups excluding carboxylic acids is 1. The molecule has 0 bridgehead atoms. The summed E-state index contributed by atoms with van der Waals surface area (Å²) in [4.78, 5) is 15.6. The Morgan fingerprint density at radius 2 is 2.33 bits per heavy atom. The van der Waals surface area contributed by atoms with Gasteiger partial charge in [-0.1, -0.05) is 0 Å². The summed E-state index contributed by atoms with van der Waals surface area (Å²) in [5, 5.41) is 0. The summed E-state index contributed by atoms with van der Waals surface area (Å²) in [6.07, 6.45) is 1.78. The van der Waals surface area contributed by atoms with Gasteiger partial charge in [0.15, 0.2) is 5.78 Å². The van der Waals surface area contributed by atoms with Crippen LogP contribution in [-0.2, 0) is 6.54 Å². The number of Topliss-reactive ketones (excluding diaryl/α,β-unsaturated/α-hetero) is 1. The highest BCUT2D eigenvalue weighted by atomic mass is 35.5. The third-order valence-corrected chi connectivity index (χ3v) is 2.65. The van der Waals surface area contributed by atoms with Gasteiger partial charge in [-0.2, -0.15) is 0 Å². The molecule has 78 valence electrons. The number of carbonyl (C=O) groups is 1. The van der Waals surface area contributed by atoms with E-state index in [1.165, 1.54) is 0 Å². The van der Waals surface area contributed by atoms with Crippen molar-refractivity contribution in [2.45, 2.75) is 13.5 Å². The van der Waals surface area contributed by atoms with Gasteiger partial charge < -0.3 is 4.57 Å². The van der Waals surface area contributed by atoms with Crippen molar-refractivity contribution in [2.24, 2.45) is 0 Å². The van der Waals surface area contributed by atoms with Crippen LogP contribution in [0, 0.1) is 0 Å². The topological polar surface area (TPSA) is 34.9 Å². The predicted molar refractivity (Wildman–Crippen MR) is 60.5 cm³/mol. The fourth-order valence-corrected chi connectivity index (χ4v) is 1.72. The second-order valence-corrected chi connectivity index (χ2v) is 3.56. The van der Waals surface area contributed by atoms with Crippen molar-refractivity contribution in [1.29, 1.82) is 0 Å². The fourth-order valence-electron chi connectivity index (χ4n) is 1.57. The number of benzene rings is 1. The molecule has 0 aliphatic carbocycles. The number of alkyl halides is 1. The van der Waals surface area contributed by atoms with Crippen LogP contribution in [0.25, 0.3) is 11.0 Å². The number of nitrogens with zero attached hydrogens (tertiary/aromatic N) is 2. The maximum atomic E-state index is 11.4. The molecule has 0 spiro atoms. The number of halogens is 1. The Kier molecular flexibility index (Phi) is 2.73. The Morgan fingerprint density at radius 3 is 3.00 bits per heavy atom. The molecule has 0 aliphatic heterocycles. The summed E-state index contributed by atoms with van der Waals surface area (Å²) < 4.78 is 2.03. The van der Waals surface area contributed by atoms with Gasteiger partial charge in [0.2, 0.25) is 0 Å². The molecule has 0 atom stereocenters. The average molecular weight is 223 g/mol. The van der Waals surface area contributed by atoms with Gasteiger partial charge >= 0.3 is 0 Å². The molecule has 0 saturated carbocycles. The van der Waals surface area contributed by atoms with Crippen molar-refractivity contribution in [3.05, 3.63) is 30.1 Å². The number of ketones is 1. The van der Waals surface area contributed by atoms with E-state index in [4.69, 9.17) is 11.6 Å². The molecular formula is C11H11ClN2O. The molecule has 0 unspecified atom stereocenters. The first-order valence-electron chi connectivity index (χ1n) is 4.80. The number of hydrogen-bond donors (Lipinski definition) is 0. The molecule has 3 nitrogen and oxygen atoms in total. The number of imidazole rings is 1. The zero-order valence-electron chi connectivity index (χ0n) is 8.40. The lowest BCUT2D eigenvalue weighted by Crippen LogP contribution is -2.00. The fraction of sp³-hybridized carbons (Fsp3) is 0.273. The summed E-state index contributed by atoms with van der Waals surface area (Å²) in [6, 6.07) is 5.48. The lowest BCUT2D eigenvalue weighted by atomic mass is 10.1. The number of aryl methyl sites for hydroxylation is 1. The second kappa shape index (κ2) is 4.03. The molecule has 0 saturated heterocycles. The highest BCUT2D eigenvalue weighted by Gasteiger charge is 2.07. The predicted octanol–water partition coefficient (Wildman–Crippen LogP) is 2.48. The molecule has 0 aliphatic rings. The monoisotopic (exact) mass is 222 g/mol. The van der Waals surface area contributed by atoms with Crippen LogP contribution < -0.4 is 0 Å². The first-order valence-corrected chi connectivity index (χ1v) is 5.33. The third-order valence-electron chi connectivity index (χ3n) is 2.41. The van der Waals surface area contributed by atoms with Gasteiger partial charge in [0.05, 0.1) is 23.2 Å². The standard InChI is InChI=1S/C11H11ClN2O/c1-2-14-7-13-9-5-8(11(15)6-12)3-4-10(9)14/h3-5,7H,2,6H2,1H3. The van der Waals surface area contributed by atoms with Gasteiger partial charge in [-0.05, 0) is 25.1 Å². The van der Waals surface area contributed by atoms with E-state index in [0.717, 1.165) is 17.6 Å². The molecule has 0 amide bonds. The van der Waals surface area contributed by atoms with Gasteiger partial charge in [-0.15, -0.1) is 11.6 Å². The Labute approximate surface area is 92.7 Å². The largest absolute Gasteiger partial charge is 0.331 e. The van der Waals surface area contributed by atoms with E-state index in [0.29, 0.717) is 5.56 Å². The van der Waals surface area contributed by atoms with Crippen molar-refractivity contribution < 1.29 is 4.79 Å². The van der Waals surface area contributed by atoms with E-state index in [2.05, 4.69) is 11.9 Å². The van der Waals surface area contributed by atoms with Crippen LogP contribution in [0.15, 0.2) is 24.5 Å². The van der Waals surface area contributed by atoms with Crippen LogP contribution in [0.3, 0.4) is 0 Å². The molecule has 1 heterocycles. The molecular weight excluding hydrogens is 212 g/mol.